The first-order valence-corrected chi connectivity index (χ1v) is 5.78. The summed E-state index contributed by atoms with van der Waals surface area (Å²) >= 11 is 0. The number of carbonyl (C=O) groups excluding carboxylic acids is 1. The van der Waals surface area contributed by atoms with E-state index in [9.17, 15) is 9.59 Å². The van der Waals surface area contributed by atoms with Crippen LogP contribution in [0.2, 0.25) is 0 Å². The highest BCUT2D eigenvalue weighted by Crippen LogP contribution is 1.94. The largest absolute Gasteiger partial charge is 0.481 e. The van der Waals surface area contributed by atoms with Crippen LogP contribution in [0, 0.1) is 0 Å². The summed E-state index contributed by atoms with van der Waals surface area (Å²) in [6.07, 6.45) is 1.96. The molecule has 1 amide bonds. The molecule has 1 atom stereocenters. The standard InChI is InChI=1S/C11H22N2O3/c1-3-12-9(2)8-10(14)13-7-5-4-6-11(15)16/h9,12H,3-8H2,1-2H3,(H,13,14)(H,15,16). The monoisotopic (exact) mass is 230 g/mol. The van der Waals surface area contributed by atoms with Crippen LogP contribution in [0.15, 0.2) is 0 Å². The zero-order valence-electron chi connectivity index (χ0n) is 10.1. The average molecular weight is 230 g/mol. The van der Waals surface area contributed by atoms with Crippen molar-refractivity contribution in [2.75, 3.05) is 13.1 Å². The molecule has 5 heteroatoms. The van der Waals surface area contributed by atoms with E-state index in [1.54, 1.807) is 0 Å². The molecule has 0 saturated carbocycles. The van der Waals surface area contributed by atoms with Crippen LogP contribution in [0.1, 0.15) is 39.5 Å². The topological polar surface area (TPSA) is 78.4 Å². The highest BCUT2D eigenvalue weighted by atomic mass is 16.4. The molecule has 0 aromatic heterocycles. The fourth-order valence-electron chi connectivity index (χ4n) is 1.40. The summed E-state index contributed by atoms with van der Waals surface area (Å²) in [5, 5.41) is 14.3. The maximum Gasteiger partial charge on any atom is 0.303 e. The number of nitrogens with one attached hydrogen (secondary N) is 2. The quantitative estimate of drug-likeness (QED) is 0.511. The molecule has 3 N–H and O–H groups in total. The van der Waals surface area contributed by atoms with E-state index in [1.165, 1.54) is 0 Å². The first-order valence-electron chi connectivity index (χ1n) is 5.78. The van der Waals surface area contributed by atoms with Crippen molar-refractivity contribution in [1.29, 1.82) is 0 Å². The zero-order valence-corrected chi connectivity index (χ0v) is 10.1. The maximum absolute atomic E-state index is 11.4. The number of hydrogen-bond donors (Lipinski definition) is 3. The van der Waals surface area contributed by atoms with Gasteiger partial charge in [-0.2, -0.15) is 0 Å². The van der Waals surface area contributed by atoms with Gasteiger partial charge in [0, 0.05) is 25.4 Å². The summed E-state index contributed by atoms with van der Waals surface area (Å²) in [7, 11) is 0. The molecule has 94 valence electrons. The highest BCUT2D eigenvalue weighted by molar-refractivity contribution is 5.76. The lowest BCUT2D eigenvalue weighted by Gasteiger charge is -2.11. The van der Waals surface area contributed by atoms with Gasteiger partial charge in [-0.1, -0.05) is 6.92 Å². The van der Waals surface area contributed by atoms with E-state index in [2.05, 4.69) is 10.6 Å². The van der Waals surface area contributed by atoms with Crippen LogP contribution in [0.25, 0.3) is 0 Å². The summed E-state index contributed by atoms with van der Waals surface area (Å²) in [5.74, 6) is -0.768. The molecule has 0 spiro atoms. The number of carboxylic acid groups (broad SMARTS) is 1. The first-order chi connectivity index (χ1) is 7.56. The minimum Gasteiger partial charge on any atom is -0.481 e. The van der Waals surface area contributed by atoms with Crippen molar-refractivity contribution in [3.63, 3.8) is 0 Å². The van der Waals surface area contributed by atoms with E-state index >= 15 is 0 Å². The SMILES string of the molecule is CCNC(C)CC(=O)NCCCCC(=O)O. The van der Waals surface area contributed by atoms with Gasteiger partial charge in [-0.05, 0) is 26.3 Å². The third-order valence-corrected chi connectivity index (χ3v) is 2.18. The minimum absolute atomic E-state index is 0.0174. The van der Waals surface area contributed by atoms with Gasteiger partial charge in [0.25, 0.3) is 0 Å². The number of aliphatic carboxylic acids is 1. The molecule has 0 heterocycles. The van der Waals surface area contributed by atoms with Gasteiger partial charge in [-0.3, -0.25) is 9.59 Å². The van der Waals surface area contributed by atoms with Gasteiger partial charge in [0.2, 0.25) is 5.91 Å². The smallest absolute Gasteiger partial charge is 0.303 e. The van der Waals surface area contributed by atoms with Gasteiger partial charge < -0.3 is 15.7 Å². The van der Waals surface area contributed by atoms with Crippen molar-refractivity contribution in [3.8, 4) is 0 Å². The number of unbranched alkanes of at least 4 members (excludes halogenated alkanes) is 1. The molecule has 0 aromatic carbocycles. The van der Waals surface area contributed by atoms with Crippen molar-refractivity contribution < 1.29 is 14.7 Å². The lowest BCUT2D eigenvalue weighted by molar-refractivity contribution is -0.137. The summed E-state index contributed by atoms with van der Waals surface area (Å²) in [5.41, 5.74) is 0. The van der Waals surface area contributed by atoms with Gasteiger partial charge >= 0.3 is 5.97 Å². The normalized spacial score (nSPS) is 12.1. The second kappa shape index (κ2) is 9.15. The summed E-state index contributed by atoms with van der Waals surface area (Å²) in [4.78, 5) is 21.6. The fourth-order valence-corrected chi connectivity index (χ4v) is 1.40. The Bertz CT molecular complexity index is 219. The van der Waals surface area contributed by atoms with Crippen LogP contribution in [-0.4, -0.2) is 36.1 Å². The van der Waals surface area contributed by atoms with Crippen LogP contribution >= 0.6 is 0 Å². The molecular formula is C11H22N2O3. The first kappa shape index (κ1) is 14.9. The van der Waals surface area contributed by atoms with E-state index < -0.39 is 5.97 Å². The number of rotatable bonds is 9. The minimum atomic E-state index is -0.785. The van der Waals surface area contributed by atoms with Crippen LogP contribution < -0.4 is 10.6 Å². The van der Waals surface area contributed by atoms with Crippen molar-refractivity contribution >= 4 is 11.9 Å². The molecule has 0 aliphatic carbocycles. The molecule has 1 unspecified atom stereocenters. The van der Waals surface area contributed by atoms with Crippen molar-refractivity contribution in [2.45, 2.75) is 45.6 Å². The second-order valence-corrected chi connectivity index (χ2v) is 3.86. The van der Waals surface area contributed by atoms with E-state index in [0.717, 1.165) is 6.54 Å². The number of carboxylic acids is 1. The lowest BCUT2D eigenvalue weighted by atomic mass is 10.2. The van der Waals surface area contributed by atoms with Gasteiger partial charge in [0.15, 0.2) is 0 Å². The second-order valence-electron chi connectivity index (χ2n) is 3.86. The van der Waals surface area contributed by atoms with Crippen LogP contribution in [-0.2, 0) is 9.59 Å². The maximum atomic E-state index is 11.4. The van der Waals surface area contributed by atoms with E-state index in [-0.39, 0.29) is 18.4 Å². The molecule has 0 radical (unpaired) electrons. The number of hydrogen-bond acceptors (Lipinski definition) is 3. The van der Waals surface area contributed by atoms with Gasteiger partial charge in [-0.25, -0.2) is 0 Å². The molecular weight excluding hydrogens is 208 g/mol. The van der Waals surface area contributed by atoms with Gasteiger partial charge in [-0.15, -0.1) is 0 Å². The molecule has 16 heavy (non-hydrogen) atoms. The molecule has 0 aromatic rings. The summed E-state index contributed by atoms with van der Waals surface area (Å²) < 4.78 is 0. The Morgan fingerprint density at radius 1 is 1.31 bits per heavy atom. The predicted octanol–water partition coefficient (Wildman–Crippen LogP) is 0.746. The Morgan fingerprint density at radius 2 is 2.00 bits per heavy atom. The Hall–Kier alpha value is -1.10. The van der Waals surface area contributed by atoms with Crippen molar-refractivity contribution in [3.05, 3.63) is 0 Å². The number of amides is 1. The Morgan fingerprint density at radius 3 is 2.56 bits per heavy atom. The molecule has 5 nitrogen and oxygen atoms in total. The Labute approximate surface area is 96.6 Å². The van der Waals surface area contributed by atoms with Crippen molar-refractivity contribution in [2.24, 2.45) is 0 Å². The molecule has 0 rings (SSSR count). The van der Waals surface area contributed by atoms with Crippen molar-refractivity contribution in [1.82, 2.24) is 10.6 Å². The average Bonchev–Trinajstić information content (AvgIpc) is 2.16. The van der Waals surface area contributed by atoms with Crippen LogP contribution in [0.5, 0.6) is 0 Å². The molecule has 0 bridgehead atoms. The van der Waals surface area contributed by atoms with E-state index in [1.807, 2.05) is 13.8 Å². The third kappa shape index (κ3) is 9.45. The van der Waals surface area contributed by atoms with Crippen LogP contribution in [0.4, 0.5) is 0 Å². The van der Waals surface area contributed by atoms with Crippen LogP contribution in [0.3, 0.4) is 0 Å². The molecule has 0 saturated heterocycles. The molecule has 0 aliphatic rings. The number of carbonyl (C=O) groups is 2. The molecule has 0 fully saturated rings. The lowest BCUT2D eigenvalue weighted by Crippen LogP contribution is -2.34. The van der Waals surface area contributed by atoms with Gasteiger partial charge in [0.1, 0.15) is 0 Å². The fraction of sp³-hybridized carbons (Fsp3) is 0.818. The Balaban J connectivity index is 3.40. The van der Waals surface area contributed by atoms with Gasteiger partial charge in [0.05, 0.1) is 0 Å². The Kier molecular flexibility index (Phi) is 8.52. The zero-order chi connectivity index (χ0) is 12.4. The summed E-state index contributed by atoms with van der Waals surface area (Å²) in [6.45, 7) is 5.38. The van der Waals surface area contributed by atoms with E-state index in [0.29, 0.717) is 25.8 Å². The highest BCUT2D eigenvalue weighted by Gasteiger charge is 2.06. The predicted molar refractivity (Wildman–Crippen MR) is 62.3 cm³/mol. The van der Waals surface area contributed by atoms with E-state index in [4.69, 9.17) is 5.11 Å². The third-order valence-electron chi connectivity index (χ3n) is 2.18. The molecule has 0 aliphatic heterocycles. The summed E-state index contributed by atoms with van der Waals surface area (Å²) in [6, 6.07) is 0.184.